The molecule has 1 aliphatic heterocycles. The lowest BCUT2D eigenvalue weighted by Gasteiger charge is -2.52. The highest BCUT2D eigenvalue weighted by Crippen LogP contribution is 2.49. The van der Waals surface area contributed by atoms with Crippen LogP contribution in [0.25, 0.3) is 0 Å². The lowest BCUT2D eigenvalue weighted by Crippen LogP contribution is -2.56. The number of carbonyl (C=O) groups is 1. The zero-order chi connectivity index (χ0) is 21.3. The molecule has 1 aliphatic carbocycles. The number of fused-ring (bicyclic) bond motifs is 1. The summed E-state index contributed by atoms with van der Waals surface area (Å²) in [7, 11) is 0. The normalized spacial score (nSPS) is 26.8. The average Bonchev–Trinajstić information content (AvgIpc) is 2.71. The zero-order valence-corrected chi connectivity index (χ0v) is 17.8. The van der Waals surface area contributed by atoms with E-state index in [0.29, 0.717) is 13.0 Å². The summed E-state index contributed by atoms with van der Waals surface area (Å²) in [5.74, 6) is -0.274. The van der Waals surface area contributed by atoms with E-state index in [1.54, 1.807) is 12.1 Å². The van der Waals surface area contributed by atoms with Gasteiger partial charge in [0.1, 0.15) is 5.82 Å². The molecule has 5 heteroatoms. The Kier molecular flexibility index (Phi) is 5.94. The van der Waals surface area contributed by atoms with E-state index in [0.717, 1.165) is 48.1 Å². The number of nitrogens with zero attached hydrogens (tertiary/aromatic N) is 1. The summed E-state index contributed by atoms with van der Waals surface area (Å²) in [6, 6.07) is 12.5. The Balaban J connectivity index is 1.58. The molecular weight excluding hydrogens is 379 g/mol. The molecule has 2 N–H and O–H groups in total. The third-order valence-electron chi connectivity index (χ3n) is 6.90. The zero-order valence-electron chi connectivity index (χ0n) is 17.8. The standard InChI is InChI=1S/C25H31FN2O2/c1-17-6-7-18(2)22(15-17)27-23(29)16-28-14-13-25(30)12-4-3-5-21(25)24(28)19-8-10-20(26)11-9-19/h6-11,15,21,24,30H,3-5,12-14,16H2,1-2H3,(H,27,29)/t21-,24?,25-/m0/s1. The number of aliphatic hydroxyl groups is 1. The van der Waals surface area contributed by atoms with E-state index in [2.05, 4.69) is 10.2 Å². The average molecular weight is 411 g/mol. The van der Waals surface area contributed by atoms with Crippen molar-refractivity contribution in [1.82, 2.24) is 4.90 Å². The van der Waals surface area contributed by atoms with E-state index in [1.165, 1.54) is 12.1 Å². The molecule has 1 saturated heterocycles. The van der Waals surface area contributed by atoms with Gasteiger partial charge in [-0.25, -0.2) is 4.39 Å². The van der Waals surface area contributed by atoms with E-state index < -0.39 is 5.60 Å². The van der Waals surface area contributed by atoms with Gasteiger partial charge in [-0.1, -0.05) is 37.1 Å². The molecule has 1 unspecified atom stereocenters. The molecule has 160 valence electrons. The second-order valence-electron chi connectivity index (χ2n) is 9.04. The molecule has 1 saturated carbocycles. The first-order valence-electron chi connectivity index (χ1n) is 10.9. The van der Waals surface area contributed by atoms with Crippen LogP contribution in [0.3, 0.4) is 0 Å². The maximum absolute atomic E-state index is 13.6. The third-order valence-corrected chi connectivity index (χ3v) is 6.90. The van der Waals surface area contributed by atoms with Gasteiger partial charge in [-0.2, -0.15) is 0 Å². The monoisotopic (exact) mass is 410 g/mol. The molecule has 2 aromatic rings. The molecule has 0 aromatic heterocycles. The molecule has 4 nitrogen and oxygen atoms in total. The summed E-state index contributed by atoms with van der Waals surface area (Å²) >= 11 is 0. The highest BCUT2D eigenvalue weighted by Gasteiger charge is 2.49. The van der Waals surface area contributed by atoms with Crippen molar-refractivity contribution in [1.29, 1.82) is 0 Å². The summed E-state index contributed by atoms with van der Waals surface area (Å²) in [5.41, 5.74) is 3.25. The second-order valence-corrected chi connectivity index (χ2v) is 9.04. The summed E-state index contributed by atoms with van der Waals surface area (Å²) < 4.78 is 13.6. The number of rotatable bonds is 4. The first-order chi connectivity index (χ1) is 14.4. The van der Waals surface area contributed by atoms with E-state index in [4.69, 9.17) is 0 Å². The van der Waals surface area contributed by atoms with Crippen molar-refractivity contribution in [3.05, 3.63) is 65.0 Å². The van der Waals surface area contributed by atoms with Gasteiger partial charge < -0.3 is 10.4 Å². The summed E-state index contributed by atoms with van der Waals surface area (Å²) in [6.45, 7) is 4.89. The van der Waals surface area contributed by atoms with Gasteiger partial charge in [0.2, 0.25) is 5.91 Å². The lowest BCUT2D eigenvalue weighted by molar-refractivity contribution is -0.135. The molecule has 1 heterocycles. The minimum Gasteiger partial charge on any atom is -0.389 e. The van der Waals surface area contributed by atoms with Crippen LogP contribution in [0.5, 0.6) is 0 Å². The first-order valence-corrected chi connectivity index (χ1v) is 10.9. The van der Waals surface area contributed by atoms with Gasteiger partial charge >= 0.3 is 0 Å². The maximum Gasteiger partial charge on any atom is 0.238 e. The van der Waals surface area contributed by atoms with Crippen LogP contribution in [-0.4, -0.2) is 34.6 Å². The number of nitrogens with one attached hydrogen (secondary N) is 1. The fourth-order valence-electron chi connectivity index (χ4n) is 5.27. The number of piperidine rings is 1. The molecule has 2 fully saturated rings. The summed E-state index contributed by atoms with van der Waals surface area (Å²) in [4.78, 5) is 15.1. The van der Waals surface area contributed by atoms with Crippen molar-refractivity contribution >= 4 is 11.6 Å². The highest BCUT2D eigenvalue weighted by atomic mass is 19.1. The Bertz CT molecular complexity index is 914. The Hall–Kier alpha value is -2.24. The van der Waals surface area contributed by atoms with Crippen molar-refractivity contribution in [2.24, 2.45) is 5.92 Å². The van der Waals surface area contributed by atoms with Crippen LogP contribution >= 0.6 is 0 Å². The first kappa shape index (κ1) is 21.0. The molecule has 3 atom stereocenters. The minimum absolute atomic E-state index is 0.0546. The summed E-state index contributed by atoms with van der Waals surface area (Å²) in [6.07, 6.45) is 4.51. The van der Waals surface area contributed by atoms with Gasteiger partial charge in [-0.05, 0) is 68.0 Å². The van der Waals surface area contributed by atoms with E-state index in [-0.39, 0.29) is 30.2 Å². The van der Waals surface area contributed by atoms with Crippen LogP contribution in [0.4, 0.5) is 10.1 Å². The Morgan fingerprint density at radius 2 is 1.93 bits per heavy atom. The van der Waals surface area contributed by atoms with Crippen molar-refractivity contribution in [3.63, 3.8) is 0 Å². The van der Waals surface area contributed by atoms with Crippen LogP contribution in [-0.2, 0) is 4.79 Å². The molecule has 1 amide bonds. The number of halogens is 1. The number of hydrogen-bond acceptors (Lipinski definition) is 3. The number of amides is 1. The lowest BCUT2D eigenvalue weighted by atomic mass is 9.66. The van der Waals surface area contributed by atoms with Crippen LogP contribution in [0.2, 0.25) is 0 Å². The van der Waals surface area contributed by atoms with E-state index in [1.807, 2.05) is 32.0 Å². The number of likely N-dealkylation sites (tertiary alicyclic amines) is 1. The molecule has 4 rings (SSSR count). The second kappa shape index (κ2) is 8.48. The largest absolute Gasteiger partial charge is 0.389 e. The van der Waals surface area contributed by atoms with Crippen molar-refractivity contribution in [2.45, 2.75) is 57.6 Å². The third kappa shape index (κ3) is 4.28. The van der Waals surface area contributed by atoms with Gasteiger partial charge in [-0.3, -0.25) is 9.69 Å². The topological polar surface area (TPSA) is 52.6 Å². The van der Waals surface area contributed by atoms with Crippen LogP contribution in [0.15, 0.2) is 42.5 Å². The molecule has 30 heavy (non-hydrogen) atoms. The fourth-order valence-corrected chi connectivity index (χ4v) is 5.27. The van der Waals surface area contributed by atoms with Crippen LogP contribution in [0, 0.1) is 25.6 Å². The Morgan fingerprint density at radius 3 is 2.70 bits per heavy atom. The number of anilines is 1. The van der Waals surface area contributed by atoms with Crippen LogP contribution < -0.4 is 5.32 Å². The maximum atomic E-state index is 13.6. The highest BCUT2D eigenvalue weighted by molar-refractivity contribution is 5.93. The van der Waals surface area contributed by atoms with Crippen LogP contribution in [0.1, 0.15) is 54.8 Å². The van der Waals surface area contributed by atoms with E-state index >= 15 is 0 Å². The quantitative estimate of drug-likeness (QED) is 0.765. The van der Waals surface area contributed by atoms with Gasteiger partial charge in [0.05, 0.1) is 12.1 Å². The Labute approximate surface area is 178 Å². The number of benzene rings is 2. The van der Waals surface area contributed by atoms with Crippen molar-refractivity contribution in [3.8, 4) is 0 Å². The summed E-state index contributed by atoms with van der Waals surface area (Å²) in [5, 5.41) is 14.4. The van der Waals surface area contributed by atoms with E-state index in [9.17, 15) is 14.3 Å². The SMILES string of the molecule is Cc1ccc(C)c(NC(=O)CN2CC[C@@]3(O)CCCC[C@H]3C2c2ccc(F)cc2)c1. The number of hydrogen-bond donors (Lipinski definition) is 2. The minimum atomic E-state index is -0.697. The van der Waals surface area contributed by atoms with Gasteiger partial charge in [0.25, 0.3) is 0 Å². The number of carbonyl (C=O) groups excluding carboxylic acids is 1. The van der Waals surface area contributed by atoms with Gasteiger partial charge in [0.15, 0.2) is 0 Å². The molecule has 2 aliphatic rings. The van der Waals surface area contributed by atoms with Gasteiger partial charge in [-0.15, -0.1) is 0 Å². The van der Waals surface area contributed by atoms with Crippen molar-refractivity contribution in [2.75, 3.05) is 18.4 Å². The fraction of sp³-hybridized carbons (Fsp3) is 0.480. The van der Waals surface area contributed by atoms with Crippen molar-refractivity contribution < 1.29 is 14.3 Å². The van der Waals surface area contributed by atoms with Gasteiger partial charge in [0, 0.05) is 24.2 Å². The predicted molar refractivity (Wildman–Crippen MR) is 117 cm³/mol. The molecule has 0 radical (unpaired) electrons. The predicted octanol–water partition coefficient (Wildman–Crippen LogP) is 4.75. The molecule has 2 aromatic carbocycles. The Morgan fingerprint density at radius 1 is 1.17 bits per heavy atom. The molecule has 0 spiro atoms. The molecular formula is C25H31FN2O2. The smallest absolute Gasteiger partial charge is 0.238 e. The molecule has 0 bridgehead atoms. The number of aryl methyl sites for hydroxylation is 2.